The van der Waals surface area contributed by atoms with Crippen LogP contribution < -0.4 is 10.1 Å². The van der Waals surface area contributed by atoms with Crippen LogP contribution in [0.15, 0.2) is 42.0 Å². The lowest BCUT2D eigenvalue weighted by Gasteiger charge is -2.07. The molecular weight excluding hydrogens is 342 g/mol. The molecule has 0 saturated carbocycles. The largest absolute Gasteiger partial charge is 0.497 e. The van der Waals surface area contributed by atoms with Gasteiger partial charge in [-0.2, -0.15) is 0 Å². The minimum atomic E-state index is -0.481. The zero-order valence-corrected chi connectivity index (χ0v) is 14.4. The van der Waals surface area contributed by atoms with Crippen molar-refractivity contribution in [3.8, 4) is 5.75 Å². The highest BCUT2D eigenvalue weighted by atomic mass is 32.1. The Labute approximate surface area is 148 Å². The van der Waals surface area contributed by atoms with Crippen LogP contribution in [-0.4, -0.2) is 35.0 Å². The minimum Gasteiger partial charge on any atom is -0.497 e. The fourth-order valence-corrected chi connectivity index (χ4v) is 2.92. The zero-order valence-electron chi connectivity index (χ0n) is 13.6. The summed E-state index contributed by atoms with van der Waals surface area (Å²) in [6.45, 7) is 0.0505. The van der Waals surface area contributed by atoms with E-state index in [9.17, 15) is 9.59 Å². The number of benzene rings is 1. The second kappa shape index (κ2) is 7.80. The molecule has 25 heavy (non-hydrogen) atoms. The van der Waals surface area contributed by atoms with Crippen LogP contribution >= 0.6 is 11.3 Å². The summed E-state index contributed by atoms with van der Waals surface area (Å²) in [5.41, 5.74) is 1.55. The Morgan fingerprint density at radius 1 is 1.28 bits per heavy atom. The van der Waals surface area contributed by atoms with Gasteiger partial charge in [-0.1, -0.05) is 12.1 Å². The number of methoxy groups -OCH3 is 1. The summed E-state index contributed by atoms with van der Waals surface area (Å²) in [5, 5.41) is 4.61. The molecule has 1 N–H and O–H groups in total. The molecule has 2 aromatic heterocycles. The normalized spacial score (nSPS) is 10.6. The number of hydrogen-bond donors (Lipinski definition) is 1. The average Bonchev–Trinajstić information content (AvgIpc) is 3.20. The first-order chi connectivity index (χ1) is 12.1. The van der Waals surface area contributed by atoms with Gasteiger partial charge in [-0.15, -0.1) is 11.3 Å². The molecule has 0 radical (unpaired) electrons. The molecule has 0 bridgehead atoms. The van der Waals surface area contributed by atoms with Gasteiger partial charge >= 0.3 is 5.97 Å². The van der Waals surface area contributed by atoms with Gasteiger partial charge in [-0.05, 0) is 17.7 Å². The third-order valence-corrected chi connectivity index (χ3v) is 4.25. The number of esters is 1. The number of ether oxygens (including phenoxy) is 2. The fourth-order valence-electron chi connectivity index (χ4n) is 2.20. The molecular formula is C17H17N3O4S. The average molecular weight is 359 g/mol. The van der Waals surface area contributed by atoms with E-state index in [0.29, 0.717) is 12.2 Å². The summed E-state index contributed by atoms with van der Waals surface area (Å²) in [5.74, 6) is -0.0801. The summed E-state index contributed by atoms with van der Waals surface area (Å²) in [7, 11) is 1.60. The molecule has 0 atom stereocenters. The molecule has 0 fully saturated rings. The van der Waals surface area contributed by atoms with E-state index in [0.717, 1.165) is 16.3 Å². The van der Waals surface area contributed by atoms with Gasteiger partial charge in [-0.3, -0.25) is 14.0 Å². The van der Waals surface area contributed by atoms with E-state index >= 15 is 0 Å². The van der Waals surface area contributed by atoms with Crippen LogP contribution in [0.3, 0.4) is 0 Å². The van der Waals surface area contributed by atoms with Crippen LogP contribution in [0.1, 0.15) is 11.3 Å². The number of hydrogen-bond acceptors (Lipinski definition) is 6. The lowest BCUT2D eigenvalue weighted by Crippen LogP contribution is -2.28. The Kier molecular flexibility index (Phi) is 5.30. The van der Waals surface area contributed by atoms with E-state index in [2.05, 4.69) is 10.3 Å². The van der Waals surface area contributed by atoms with Gasteiger partial charge < -0.3 is 14.8 Å². The van der Waals surface area contributed by atoms with Gasteiger partial charge in [0.25, 0.3) is 5.91 Å². The molecule has 3 aromatic rings. The van der Waals surface area contributed by atoms with E-state index < -0.39 is 5.97 Å². The maximum atomic E-state index is 11.8. The van der Waals surface area contributed by atoms with Crippen molar-refractivity contribution in [1.82, 2.24) is 14.7 Å². The second-order valence-corrected chi connectivity index (χ2v) is 6.16. The second-order valence-electron chi connectivity index (χ2n) is 5.29. The Balaban J connectivity index is 1.40. The highest BCUT2D eigenvalue weighted by Gasteiger charge is 2.11. The van der Waals surface area contributed by atoms with Gasteiger partial charge in [0, 0.05) is 24.3 Å². The third kappa shape index (κ3) is 4.57. The number of nitrogens with one attached hydrogen (secondary N) is 1. The van der Waals surface area contributed by atoms with Crippen molar-refractivity contribution in [3.63, 3.8) is 0 Å². The summed E-state index contributed by atoms with van der Waals surface area (Å²) in [6, 6.07) is 7.35. The van der Waals surface area contributed by atoms with Gasteiger partial charge in [-0.25, -0.2) is 4.98 Å². The summed E-state index contributed by atoms with van der Waals surface area (Å²) in [6.07, 6.45) is 3.69. The number of carbonyl (C=O) groups is 2. The molecule has 0 spiro atoms. The zero-order chi connectivity index (χ0) is 17.6. The first-order valence-corrected chi connectivity index (χ1v) is 8.48. The lowest BCUT2D eigenvalue weighted by atomic mass is 10.2. The molecule has 0 aliphatic carbocycles. The number of rotatable bonds is 7. The van der Waals surface area contributed by atoms with Crippen LogP contribution in [0, 0.1) is 0 Å². The standard InChI is InChI=1S/C17H17N3O4S/c1-23-14-4-2-12(3-5-14)9-18-15(21)11-24-16(22)8-13-10-20-6-7-25-17(20)19-13/h2-7,10H,8-9,11H2,1H3,(H,18,21). The number of thiazole rings is 1. The molecule has 2 heterocycles. The smallest absolute Gasteiger partial charge is 0.312 e. The SMILES string of the molecule is COc1ccc(CNC(=O)COC(=O)Cc2cn3ccsc3n2)cc1. The van der Waals surface area contributed by atoms with Crippen molar-refractivity contribution < 1.29 is 19.1 Å². The number of amides is 1. The Hall–Kier alpha value is -2.87. The van der Waals surface area contributed by atoms with Gasteiger partial charge in [0.05, 0.1) is 19.2 Å². The van der Waals surface area contributed by atoms with Crippen molar-refractivity contribution in [2.45, 2.75) is 13.0 Å². The number of nitrogens with zero attached hydrogens (tertiary/aromatic N) is 2. The summed E-state index contributed by atoms with van der Waals surface area (Å²) < 4.78 is 11.9. The predicted octanol–water partition coefficient (Wildman–Crippen LogP) is 1.81. The molecule has 0 saturated heterocycles. The van der Waals surface area contributed by atoms with E-state index in [-0.39, 0.29) is 18.9 Å². The lowest BCUT2D eigenvalue weighted by molar-refractivity contribution is -0.147. The maximum Gasteiger partial charge on any atom is 0.312 e. The van der Waals surface area contributed by atoms with Crippen LogP contribution in [0.4, 0.5) is 0 Å². The van der Waals surface area contributed by atoms with E-state index in [4.69, 9.17) is 9.47 Å². The minimum absolute atomic E-state index is 0.0418. The Bertz CT molecular complexity index is 841. The monoisotopic (exact) mass is 359 g/mol. The Morgan fingerprint density at radius 3 is 2.80 bits per heavy atom. The number of fused-ring (bicyclic) bond motifs is 1. The molecule has 130 valence electrons. The molecule has 8 heteroatoms. The van der Waals surface area contributed by atoms with Crippen molar-refractivity contribution in [3.05, 3.63) is 53.3 Å². The Morgan fingerprint density at radius 2 is 2.08 bits per heavy atom. The van der Waals surface area contributed by atoms with Crippen LogP contribution in [0.2, 0.25) is 0 Å². The summed E-state index contributed by atoms with van der Waals surface area (Å²) in [4.78, 5) is 28.7. The molecule has 1 amide bonds. The third-order valence-electron chi connectivity index (χ3n) is 3.48. The van der Waals surface area contributed by atoms with Gasteiger partial charge in [0.1, 0.15) is 5.75 Å². The predicted molar refractivity (Wildman–Crippen MR) is 92.6 cm³/mol. The molecule has 1 aromatic carbocycles. The van der Waals surface area contributed by atoms with Crippen LogP contribution in [-0.2, 0) is 27.3 Å². The highest BCUT2D eigenvalue weighted by Crippen LogP contribution is 2.12. The first-order valence-electron chi connectivity index (χ1n) is 7.60. The van der Waals surface area contributed by atoms with Crippen LogP contribution in [0.25, 0.3) is 4.96 Å². The fraction of sp³-hybridized carbons (Fsp3) is 0.235. The number of aromatic nitrogens is 2. The quantitative estimate of drug-likeness (QED) is 0.651. The molecule has 0 aliphatic rings. The molecule has 0 unspecified atom stereocenters. The van der Waals surface area contributed by atoms with Crippen molar-refractivity contribution >= 4 is 28.2 Å². The number of imidazole rings is 1. The van der Waals surface area contributed by atoms with Crippen molar-refractivity contribution in [1.29, 1.82) is 0 Å². The summed E-state index contributed by atoms with van der Waals surface area (Å²) >= 11 is 1.49. The highest BCUT2D eigenvalue weighted by molar-refractivity contribution is 7.15. The van der Waals surface area contributed by atoms with E-state index in [1.54, 1.807) is 13.3 Å². The maximum absolute atomic E-state index is 11.8. The van der Waals surface area contributed by atoms with Gasteiger partial charge in [0.2, 0.25) is 0 Å². The van der Waals surface area contributed by atoms with Crippen molar-refractivity contribution in [2.24, 2.45) is 0 Å². The molecule has 7 nitrogen and oxygen atoms in total. The van der Waals surface area contributed by atoms with Crippen molar-refractivity contribution in [2.75, 3.05) is 13.7 Å². The molecule has 3 rings (SSSR count). The van der Waals surface area contributed by atoms with E-state index in [1.165, 1.54) is 11.3 Å². The number of carbonyl (C=O) groups excluding carboxylic acids is 2. The van der Waals surface area contributed by atoms with Crippen LogP contribution in [0.5, 0.6) is 5.75 Å². The first kappa shape index (κ1) is 17.0. The van der Waals surface area contributed by atoms with E-state index in [1.807, 2.05) is 40.2 Å². The topological polar surface area (TPSA) is 81.9 Å². The molecule has 0 aliphatic heterocycles. The van der Waals surface area contributed by atoms with Gasteiger partial charge in [0.15, 0.2) is 11.6 Å².